The Labute approximate surface area is 191 Å². The summed E-state index contributed by atoms with van der Waals surface area (Å²) < 4.78 is 1.77. The van der Waals surface area contributed by atoms with E-state index in [1.807, 2.05) is 0 Å². The van der Waals surface area contributed by atoms with E-state index in [1.165, 1.54) is 18.7 Å². The highest BCUT2D eigenvalue weighted by molar-refractivity contribution is 8.00. The van der Waals surface area contributed by atoms with Crippen molar-refractivity contribution in [2.45, 2.75) is 31.2 Å². The number of carbonyl (C=O) groups excluding carboxylic acids is 2. The molecule has 32 heavy (non-hydrogen) atoms. The Balaban J connectivity index is 1.42. The number of likely N-dealkylation sites (N-methyl/N-ethyl adjacent to an activating group) is 1. The molecular formula is C22H28N6O3S. The van der Waals surface area contributed by atoms with Gasteiger partial charge in [-0.15, -0.1) is 0 Å². The maximum atomic E-state index is 12.9. The first-order valence-corrected chi connectivity index (χ1v) is 11.8. The predicted molar refractivity (Wildman–Crippen MR) is 126 cm³/mol. The van der Waals surface area contributed by atoms with Crippen molar-refractivity contribution in [2.75, 3.05) is 54.6 Å². The van der Waals surface area contributed by atoms with E-state index in [1.54, 1.807) is 28.9 Å². The molecule has 2 aromatic rings. The third kappa shape index (κ3) is 5.13. The second-order valence-electron chi connectivity index (χ2n) is 8.14. The van der Waals surface area contributed by atoms with Crippen LogP contribution in [0.25, 0.3) is 0 Å². The van der Waals surface area contributed by atoms with Crippen LogP contribution in [-0.2, 0) is 22.4 Å². The second-order valence-corrected chi connectivity index (χ2v) is 9.11. The molecule has 10 heteroatoms. The zero-order valence-corrected chi connectivity index (χ0v) is 19.2. The summed E-state index contributed by atoms with van der Waals surface area (Å²) in [5.41, 5.74) is 3.21. The summed E-state index contributed by atoms with van der Waals surface area (Å²) in [6.45, 7) is 4.90. The topological polar surface area (TPSA) is 99.6 Å². The van der Waals surface area contributed by atoms with E-state index in [-0.39, 0.29) is 23.3 Å². The fourth-order valence-electron chi connectivity index (χ4n) is 4.09. The van der Waals surface area contributed by atoms with Crippen molar-refractivity contribution in [1.82, 2.24) is 14.6 Å². The van der Waals surface area contributed by atoms with Crippen molar-refractivity contribution in [3.63, 3.8) is 0 Å². The number of hydrogen-bond acceptors (Lipinski definition) is 7. The van der Waals surface area contributed by atoms with Gasteiger partial charge in [-0.2, -0.15) is 4.98 Å². The molecule has 0 atom stereocenters. The van der Waals surface area contributed by atoms with Crippen molar-refractivity contribution in [3.8, 4) is 0 Å². The van der Waals surface area contributed by atoms with Gasteiger partial charge in [-0.1, -0.05) is 11.8 Å². The molecule has 2 amide bonds. The Bertz CT molecular complexity index is 1060. The molecule has 2 N–H and O–H groups in total. The van der Waals surface area contributed by atoms with Gasteiger partial charge in [0.25, 0.3) is 0 Å². The van der Waals surface area contributed by atoms with Gasteiger partial charge in [0.05, 0.1) is 11.4 Å². The molecule has 170 valence electrons. The third-order valence-corrected chi connectivity index (χ3v) is 6.69. The molecule has 0 spiro atoms. The smallest absolute Gasteiger partial charge is 0.326 e. The Morgan fingerprint density at radius 1 is 1.03 bits per heavy atom. The molecule has 0 saturated carbocycles. The van der Waals surface area contributed by atoms with Crippen LogP contribution in [0.4, 0.5) is 11.4 Å². The number of nitrogens with zero attached hydrogens (tertiary/aromatic N) is 4. The van der Waals surface area contributed by atoms with E-state index in [2.05, 4.69) is 32.6 Å². The standard InChI is InChI=1S/C22H28N6O3S/c1-15(29)23-16-6-8-17(9-7-16)24-20(30)14-32-21-18-4-3-5-19(18)28(22(31)25-21)27-12-10-26(2)11-13-27/h6-9H,3-5,10-14H2,1-2H3,(H,23,29)(H,24,30). The number of piperazine rings is 1. The molecule has 0 bridgehead atoms. The number of amides is 2. The Kier molecular flexibility index (Phi) is 6.80. The van der Waals surface area contributed by atoms with Gasteiger partial charge in [-0.05, 0) is 50.6 Å². The lowest BCUT2D eigenvalue weighted by atomic mass is 10.2. The predicted octanol–water partition coefficient (Wildman–Crippen LogP) is 1.30. The first-order chi connectivity index (χ1) is 15.4. The fourth-order valence-corrected chi connectivity index (χ4v) is 4.96. The van der Waals surface area contributed by atoms with E-state index in [0.717, 1.165) is 56.7 Å². The first-order valence-electron chi connectivity index (χ1n) is 10.8. The maximum Gasteiger partial charge on any atom is 0.367 e. The van der Waals surface area contributed by atoms with Crippen LogP contribution in [0.1, 0.15) is 24.6 Å². The van der Waals surface area contributed by atoms with Gasteiger partial charge in [0.1, 0.15) is 5.03 Å². The molecule has 9 nitrogen and oxygen atoms in total. The van der Waals surface area contributed by atoms with Crippen LogP contribution >= 0.6 is 11.8 Å². The SMILES string of the molecule is CC(=O)Nc1ccc(NC(=O)CSc2nc(=O)n(N3CCN(C)CC3)c3c2CCC3)cc1. The minimum atomic E-state index is -0.258. The minimum Gasteiger partial charge on any atom is -0.326 e. The van der Waals surface area contributed by atoms with Crippen LogP contribution < -0.4 is 21.3 Å². The van der Waals surface area contributed by atoms with Gasteiger partial charge in [0.2, 0.25) is 11.8 Å². The average molecular weight is 457 g/mol. The number of anilines is 2. The number of hydrogen-bond donors (Lipinski definition) is 2. The average Bonchev–Trinajstić information content (AvgIpc) is 3.24. The van der Waals surface area contributed by atoms with Crippen LogP contribution in [0.3, 0.4) is 0 Å². The fraction of sp³-hybridized carbons (Fsp3) is 0.455. The Morgan fingerprint density at radius 3 is 2.34 bits per heavy atom. The number of fused-ring (bicyclic) bond motifs is 1. The van der Waals surface area contributed by atoms with Crippen LogP contribution in [0.5, 0.6) is 0 Å². The highest BCUT2D eigenvalue weighted by Crippen LogP contribution is 2.29. The van der Waals surface area contributed by atoms with Crippen molar-refractivity contribution in [3.05, 3.63) is 46.0 Å². The number of thioether (sulfide) groups is 1. The lowest BCUT2D eigenvalue weighted by molar-refractivity contribution is -0.114. The Morgan fingerprint density at radius 2 is 1.69 bits per heavy atom. The molecule has 1 saturated heterocycles. The molecule has 2 aliphatic rings. The van der Waals surface area contributed by atoms with Crippen molar-refractivity contribution in [1.29, 1.82) is 0 Å². The number of aromatic nitrogens is 2. The molecule has 0 unspecified atom stereocenters. The van der Waals surface area contributed by atoms with Gasteiger partial charge < -0.3 is 20.5 Å². The van der Waals surface area contributed by atoms with Crippen LogP contribution in [0.15, 0.2) is 34.1 Å². The second kappa shape index (κ2) is 9.74. The van der Waals surface area contributed by atoms with E-state index in [4.69, 9.17) is 0 Å². The van der Waals surface area contributed by atoms with Gasteiger partial charge in [0.15, 0.2) is 0 Å². The Hall–Kier alpha value is -2.85. The van der Waals surface area contributed by atoms with E-state index < -0.39 is 0 Å². The molecule has 1 aromatic heterocycles. The summed E-state index contributed by atoms with van der Waals surface area (Å²) in [5, 5.41) is 8.31. The summed E-state index contributed by atoms with van der Waals surface area (Å²) >= 11 is 1.31. The van der Waals surface area contributed by atoms with Crippen molar-refractivity contribution in [2.24, 2.45) is 0 Å². The maximum absolute atomic E-state index is 12.9. The van der Waals surface area contributed by atoms with E-state index >= 15 is 0 Å². The number of carbonyl (C=O) groups is 2. The van der Waals surface area contributed by atoms with Crippen LogP contribution in [-0.4, -0.2) is 65.4 Å². The molecule has 1 aromatic carbocycles. The summed E-state index contributed by atoms with van der Waals surface area (Å²) in [4.78, 5) is 43.0. The third-order valence-electron chi connectivity index (χ3n) is 5.67. The zero-order chi connectivity index (χ0) is 22.7. The van der Waals surface area contributed by atoms with Crippen molar-refractivity contribution < 1.29 is 9.59 Å². The number of rotatable bonds is 6. The van der Waals surface area contributed by atoms with E-state index in [9.17, 15) is 14.4 Å². The van der Waals surface area contributed by atoms with Crippen LogP contribution in [0.2, 0.25) is 0 Å². The first kappa shape index (κ1) is 22.3. The zero-order valence-electron chi connectivity index (χ0n) is 18.4. The molecule has 2 heterocycles. The van der Waals surface area contributed by atoms with Gasteiger partial charge in [-0.3, -0.25) is 9.59 Å². The molecule has 0 radical (unpaired) electrons. The minimum absolute atomic E-state index is 0.146. The quantitative estimate of drug-likeness (QED) is 0.499. The van der Waals surface area contributed by atoms with Crippen LogP contribution in [0, 0.1) is 0 Å². The lowest BCUT2D eigenvalue weighted by Crippen LogP contribution is -2.54. The molecular weight excluding hydrogens is 428 g/mol. The highest BCUT2D eigenvalue weighted by atomic mass is 32.2. The number of benzene rings is 1. The summed E-state index contributed by atoms with van der Waals surface area (Å²) in [6, 6.07) is 6.94. The monoisotopic (exact) mass is 456 g/mol. The van der Waals surface area contributed by atoms with E-state index in [0.29, 0.717) is 16.4 Å². The lowest BCUT2D eigenvalue weighted by Gasteiger charge is -2.35. The highest BCUT2D eigenvalue weighted by Gasteiger charge is 2.26. The summed E-state index contributed by atoms with van der Waals surface area (Å²) in [6.07, 6.45) is 2.74. The van der Waals surface area contributed by atoms with Crippen molar-refractivity contribution >= 4 is 35.0 Å². The summed E-state index contributed by atoms with van der Waals surface area (Å²) in [5.74, 6) is -0.142. The van der Waals surface area contributed by atoms with Gasteiger partial charge >= 0.3 is 5.69 Å². The molecule has 1 aliphatic carbocycles. The number of nitrogens with one attached hydrogen (secondary N) is 2. The molecule has 4 rings (SSSR count). The summed E-state index contributed by atoms with van der Waals surface area (Å²) in [7, 11) is 2.09. The molecule has 1 fully saturated rings. The molecule has 1 aliphatic heterocycles. The van der Waals surface area contributed by atoms with Gasteiger partial charge in [0, 0.05) is 50.0 Å². The largest absolute Gasteiger partial charge is 0.367 e. The van der Waals surface area contributed by atoms with Gasteiger partial charge in [-0.25, -0.2) is 9.47 Å². The normalized spacial score (nSPS) is 16.0.